The summed E-state index contributed by atoms with van der Waals surface area (Å²) >= 11 is 0. The van der Waals surface area contributed by atoms with Crippen molar-refractivity contribution in [1.82, 2.24) is 4.57 Å². The summed E-state index contributed by atoms with van der Waals surface area (Å²) in [6.45, 7) is 1.23. The number of nitrogens with two attached hydrogens (primary N) is 1. The van der Waals surface area contributed by atoms with E-state index in [4.69, 9.17) is 10.8 Å². The molecule has 5 nitrogen and oxygen atoms in total. The van der Waals surface area contributed by atoms with Gasteiger partial charge in [-0.15, -0.1) is 0 Å². The Morgan fingerprint density at radius 1 is 1.41 bits per heavy atom. The Balaban J connectivity index is 2.56. The van der Waals surface area contributed by atoms with Crippen molar-refractivity contribution >= 4 is 22.6 Å². The van der Waals surface area contributed by atoms with Gasteiger partial charge in [0.15, 0.2) is 11.6 Å². The number of carboxylic acids is 1. The molecule has 1 aliphatic carbocycles. The highest BCUT2D eigenvalue weighted by atomic mass is 19.2. The number of hydrogen-bond donors (Lipinski definition) is 2. The van der Waals surface area contributed by atoms with Gasteiger partial charge in [0.05, 0.1) is 22.6 Å². The van der Waals surface area contributed by atoms with E-state index in [2.05, 4.69) is 0 Å². The van der Waals surface area contributed by atoms with Gasteiger partial charge in [-0.05, 0) is 6.92 Å². The fourth-order valence-electron chi connectivity index (χ4n) is 2.62. The van der Waals surface area contributed by atoms with Crippen molar-refractivity contribution in [3.8, 4) is 0 Å². The molecular weight excluding hydrogens is 301 g/mol. The number of fused-ring (bicyclic) bond motifs is 1. The van der Waals surface area contributed by atoms with E-state index in [1.54, 1.807) is 0 Å². The summed E-state index contributed by atoms with van der Waals surface area (Å²) in [5.41, 5.74) is 2.73. The predicted octanol–water partition coefficient (Wildman–Crippen LogP) is 2.15. The summed E-state index contributed by atoms with van der Waals surface area (Å²) in [6.07, 6.45) is -0.169. The summed E-state index contributed by atoms with van der Waals surface area (Å²) in [5.74, 6) is -4.19. The molecule has 1 saturated carbocycles. The Hall–Kier alpha value is -2.51. The molecule has 1 fully saturated rings. The lowest BCUT2D eigenvalue weighted by molar-refractivity contribution is 0.0694. The molecule has 0 aliphatic heterocycles. The molecule has 2 atom stereocenters. The first-order valence-corrected chi connectivity index (χ1v) is 6.45. The third-order valence-corrected chi connectivity index (χ3v) is 3.89. The lowest BCUT2D eigenvalue weighted by Gasteiger charge is -2.16. The number of rotatable bonds is 2. The molecule has 1 aliphatic rings. The van der Waals surface area contributed by atoms with Gasteiger partial charge in [0.2, 0.25) is 5.43 Å². The molecule has 0 bridgehead atoms. The number of aromatic nitrogens is 1. The summed E-state index contributed by atoms with van der Waals surface area (Å²) in [4.78, 5) is 23.4. The zero-order chi connectivity index (χ0) is 16.3. The standard InChI is InChI=1S/C14H11F3N2O3/c1-4-9(16)10(17)11(18)8-12(4)19(7-2-6(7)15)3-5(13(8)20)14(21)22/h3,6-7H,2,18H2,1H3,(H,21,22)/t6-,7-/m1/s1. The molecule has 0 unspecified atom stereocenters. The number of nitrogen functional groups attached to an aromatic ring is 1. The quantitative estimate of drug-likeness (QED) is 0.832. The number of pyridine rings is 1. The van der Waals surface area contributed by atoms with E-state index >= 15 is 0 Å². The molecule has 1 aromatic heterocycles. The van der Waals surface area contributed by atoms with E-state index in [9.17, 15) is 22.8 Å². The van der Waals surface area contributed by atoms with Gasteiger partial charge in [0.1, 0.15) is 11.7 Å². The third-order valence-electron chi connectivity index (χ3n) is 3.89. The van der Waals surface area contributed by atoms with E-state index in [0.29, 0.717) is 0 Å². The second-order valence-electron chi connectivity index (χ2n) is 5.29. The highest BCUT2D eigenvalue weighted by molar-refractivity contribution is 5.98. The minimum atomic E-state index is -1.54. The molecule has 1 aromatic carbocycles. The lowest BCUT2D eigenvalue weighted by atomic mass is 10.0. The molecule has 3 N–H and O–H groups in total. The van der Waals surface area contributed by atoms with Crippen molar-refractivity contribution in [2.45, 2.75) is 25.6 Å². The SMILES string of the molecule is Cc1c(F)c(F)c(N)c2c(=O)c(C(=O)O)cn([C@@H]3C[C@H]3F)c12. The van der Waals surface area contributed by atoms with Gasteiger partial charge in [-0.25, -0.2) is 18.0 Å². The lowest BCUT2D eigenvalue weighted by Crippen LogP contribution is -2.21. The van der Waals surface area contributed by atoms with Crippen LogP contribution in [0.2, 0.25) is 0 Å². The van der Waals surface area contributed by atoms with Gasteiger partial charge in [0.25, 0.3) is 0 Å². The topological polar surface area (TPSA) is 85.3 Å². The Morgan fingerprint density at radius 3 is 2.50 bits per heavy atom. The van der Waals surface area contributed by atoms with Gasteiger partial charge in [-0.1, -0.05) is 0 Å². The minimum absolute atomic E-state index is 0.0726. The van der Waals surface area contributed by atoms with E-state index in [1.165, 1.54) is 11.5 Å². The van der Waals surface area contributed by atoms with Crippen LogP contribution in [0.4, 0.5) is 18.9 Å². The fraction of sp³-hybridized carbons (Fsp3) is 0.286. The maximum Gasteiger partial charge on any atom is 0.341 e. The first-order chi connectivity index (χ1) is 10.3. The van der Waals surface area contributed by atoms with Crippen LogP contribution in [0.3, 0.4) is 0 Å². The molecule has 3 rings (SSSR count). The molecule has 0 spiro atoms. The minimum Gasteiger partial charge on any atom is -0.477 e. The zero-order valence-electron chi connectivity index (χ0n) is 11.4. The van der Waals surface area contributed by atoms with Crippen molar-refractivity contribution in [2.75, 3.05) is 5.73 Å². The monoisotopic (exact) mass is 312 g/mol. The number of aryl methyl sites for hydroxylation is 1. The molecule has 22 heavy (non-hydrogen) atoms. The van der Waals surface area contributed by atoms with Gasteiger partial charge in [-0.3, -0.25) is 4.79 Å². The van der Waals surface area contributed by atoms with E-state index in [1.807, 2.05) is 0 Å². The van der Waals surface area contributed by atoms with Gasteiger partial charge < -0.3 is 15.4 Å². The fourth-order valence-corrected chi connectivity index (χ4v) is 2.62. The smallest absolute Gasteiger partial charge is 0.341 e. The highest BCUT2D eigenvalue weighted by Crippen LogP contribution is 2.42. The zero-order valence-corrected chi connectivity index (χ0v) is 11.4. The Labute approximate surface area is 121 Å². The number of aromatic carboxylic acids is 1. The maximum atomic E-state index is 13.9. The predicted molar refractivity (Wildman–Crippen MR) is 72.8 cm³/mol. The van der Waals surface area contributed by atoms with E-state index in [0.717, 1.165) is 6.20 Å². The van der Waals surface area contributed by atoms with Crippen LogP contribution >= 0.6 is 0 Å². The van der Waals surface area contributed by atoms with Gasteiger partial charge in [-0.2, -0.15) is 0 Å². The second-order valence-corrected chi connectivity index (χ2v) is 5.29. The molecule has 8 heteroatoms. The van der Waals surface area contributed by atoms with Crippen LogP contribution in [-0.4, -0.2) is 21.8 Å². The number of anilines is 1. The Kier molecular flexibility index (Phi) is 2.95. The number of alkyl halides is 1. The van der Waals surface area contributed by atoms with Crippen molar-refractivity contribution in [2.24, 2.45) is 0 Å². The van der Waals surface area contributed by atoms with Gasteiger partial charge in [0, 0.05) is 18.2 Å². The molecule has 0 radical (unpaired) electrons. The maximum absolute atomic E-state index is 13.9. The molecule has 116 valence electrons. The normalized spacial score (nSPS) is 20.4. The van der Waals surface area contributed by atoms with Crippen molar-refractivity contribution in [3.63, 3.8) is 0 Å². The number of benzene rings is 1. The summed E-state index contributed by atoms with van der Waals surface area (Å²) in [7, 11) is 0. The van der Waals surface area contributed by atoms with Crippen LogP contribution in [0, 0.1) is 18.6 Å². The summed E-state index contributed by atoms with van der Waals surface area (Å²) < 4.78 is 42.2. The largest absolute Gasteiger partial charge is 0.477 e. The van der Waals surface area contributed by atoms with Crippen LogP contribution in [0.5, 0.6) is 0 Å². The van der Waals surface area contributed by atoms with Crippen molar-refractivity contribution in [1.29, 1.82) is 0 Å². The average molecular weight is 312 g/mol. The van der Waals surface area contributed by atoms with E-state index in [-0.39, 0.29) is 17.5 Å². The number of hydrogen-bond acceptors (Lipinski definition) is 3. The van der Waals surface area contributed by atoms with Crippen LogP contribution < -0.4 is 11.2 Å². The number of carbonyl (C=O) groups is 1. The van der Waals surface area contributed by atoms with Crippen molar-refractivity contribution in [3.05, 3.63) is 39.2 Å². The van der Waals surface area contributed by atoms with Crippen LogP contribution in [0.1, 0.15) is 28.4 Å². The van der Waals surface area contributed by atoms with Crippen LogP contribution in [0.15, 0.2) is 11.0 Å². The number of halogens is 3. The van der Waals surface area contributed by atoms with Crippen LogP contribution in [-0.2, 0) is 0 Å². The average Bonchev–Trinajstić information content (AvgIpc) is 3.18. The van der Waals surface area contributed by atoms with E-state index < -0.39 is 51.9 Å². The van der Waals surface area contributed by atoms with Gasteiger partial charge >= 0.3 is 5.97 Å². The number of nitrogens with zero attached hydrogens (tertiary/aromatic N) is 1. The summed E-state index contributed by atoms with van der Waals surface area (Å²) in [5, 5.41) is 8.65. The Bertz CT molecular complexity index is 892. The molecular formula is C14H11F3N2O3. The molecule has 1 heterocycles. The van der Waals surface area contributed by atoms with Crippen molar-refractivity contribution < 1.29 is 23.1 Å². The highest BCUT2D eigenvalue weighted by Gasteiger charge is 2.41. The molecule has 2 aromatic rings. The molecule has 0 saturated heterocycles. The summed E-state index contributed by atoms with van der Waals surface area (Å²) in [6, 6.07) is -0.718. The third kappa shape index (κ3) is 1.79. The second kappa shape index (κ2) is 4.49. The Morgan fingerprint density at radius 2 is 2.00 bits per heavy atom. The van der Waals surface area contributed by atoms with Crippen LogP contribution in [0.25, 0.3) is 10.9 Å². The first-order valence-electron chi connectivity index (χ1n) is 6.45. The first kappa shape index (κ1) is 14.4. The molecule has 0 amide bonds. The number of carboxylic acid groups (broad SMARTS) is 1.